The Labute approximate surface area is 97.2 Å². The van der Waals surface area contributed by atoms with Crippen molar-refractivity contribution in [2.75, 3.05) is 11.9 Å². The molecule has 2 nitrogen and oxygen atoms in total. The Morgan fingerprint density at radius 2 is 2.27 bits per heavy atom. The third-order valence-corrected chi connectivity index (χ3v) is 2.69. The molecule has 0 heterocycles. The lowest BCUT2D eigenvalue weighted by atomic mass is 10.1. The minimum Gasteiger partial charge on any atom is -0.383 e. The lowest BCUT2D eigenvalue weighted by Crippen LogP contribution is -2.10. The van der Waals surface area contributed by atoms with Gasteiger partial charge in [-0.2, -0.15) is 5.26 Å². The van der Waals surface area contributed by atoms with Crippen LogP contribution in [-0.2, 0) is 0 Å². The Morgan fingerprint density at radius 1 is 1.60 bits per heavy atom. The van der Waals surface area contributed by atoms with Gasteiger partial charge in [-0.3, -0.25) is 0 Å². The van der Waals surface area contributed by atoms with Crippen LogP contribution in [0.15, 0.2) is 16.6 Å². The molecule has 0 aliphatic carbocycles. The summed E-state index contributed by atoms with van der Waals surface area (Å²) >= 11 is 3.12. The average molecular weight is 271 g/mol. The quantitative estimate of drug-likeness (QED) is 0.913. The number of anilines is 1. The van der Waals surface area contributed by atoms with E-state index in [2.05, 4.69) is 27.3 Å². The highest BCUT2D eigenvalue weighted by Crippen LogP contribution is 2.23. The Kier molecular flexibility index (Phi) is 4.10. The van der Waals surface area contributed by atoms with Crippen LogP contribution in [0, 0.1) is 30.0 Å². The number of nitrogens with zero attached hydrogens (tertiary/aromatic N) is 1. The van der Waals surface area contributed by atoms with Crippen LogP contribution in [0.5, 0.6) is 0 Å². The highest BCUT2D eigenvalue weighted by atomic mass is 79.9. The molecule has 0 aromatic heterocycles. The van der Waals surface area contributed by atoms with Crippen molar-refractivity contribution in [1.82, 2.24) is 0 Å². The normalized spacial score (nSPS) is 11.9. The van der Waals surface area contributed by atoms with Crippen molar-refractivity contribution in [3.05, 3.63) is 28.0 Å². The van der Waals surface area contributed by atoms with E-state index in [0.29, 0.717) is 11.0 Å². The second-order valence-electron chi connectivity index (χ2n) is 3.49. The number of rotatable bonds is 3. The van der Waals surface area contributed by atoms with Gasteiger partial charge in [0.2, 0.25) is 0 Å². The van der Waals surface area contributed by atoms with Gasteiger partial charge >= 0.3 is 0 Å². The van der Waals surface area contributed by atoms with Crippen molar-refractivity contribution in [3.63, 3.8) is 0 Å². The minimum atomic E-state index is -0.298. The van der Waals surface area contributed by atoms with Crippen molar-refractivity contribution in [3.8, 4) is 6.07 Å². The third-order valence-electron chi connectivity index (χ3n) is 2.09. The Hall–Kier alpha value is -1.08. The molecule has 15 heavy (non-hydrogen) atoms. The van der Waals surface area contributed by atoms with Gasteiger partial charge in [0.25, 0.3) is 0 Å². The predicted octanol–water partition coefficient (Wildman–Crippen LogP) is 3.47. The minimum absolute atomic E-state index is 0.0869. The van der Waals surface area contributed by atoms with Gasteiger partial charge in [-0.1, -0.05) is 0 Å². The lowest BCUT2D eigenvalue weighted by molar-refractivity contribution is 0.621. The molecular formula is C11H12BrFN2. The predicted molar refractivity (Wildman–Crippen MR) is 62.1 cm³/mol. The maximum Gasteiger partial charge on any atom is 0.139 e. The molecule has 1 aromatic rings. The van der Waals surface area contributed by atoms with Crippen LogP contribution < -0.4 is 5.32 Å². The third kappa shape index (κ3) is 3.21. The van der Waals surface area contributed by atoms with E-state index < -0.39 is 0 Å². The number of nitrogens with one attached hydrogen (secondary N) is 1. The average Bonchev–Trinajstić information content (AvgIpc) is 2.21. The standard InChI is InChI=1S/C11H12BrFN2/c1-7(5-14)6-15-11-4-10(13)9(12)3-8(11)2/h3-4,7,15H,6H2,1-2H3. The van der Waals surface area contributed by atoms with Crippen LogP contribution in [0.1, 0.15) is 12.5 Å². The first-order chi connectivity index (χ1) is 7.04. The summed E-state index contributed by atoms with van der Waals surface area (Å²) in [5.41, 5.74) is 1.69. The van der Waals surface area contributed by atoms with Gasteiger partial charge in [0, 0.05) is 12.2 Å². The Bertz CT molecular complexity index is 398. The largest absolute Gasteiger partial charge is 0.383 e. The fraction of sp³-hybridized carbons (Fsp3) is 0.364. The van der Waals surface area contributed by atoms with Crippen molar-refractivity contribution in [1.29, 1.82) is 5.26 Å². The SMILES string of the molecule is Cc1cc(Br)c(F)cc1NCC(C)C#N. The first-order valence-electron chi connectivity index (χ1n) is 4.63. The number of hydrogen-bond acceptors (Lipinski definition) is 2. The first kappa shape index (κ1) is 12.0. The van der Waals surface area contributed by atoms with Gasteiger partial charge in [-0.15, -0.1) is 0 Å². The van der Waals surface area contributed by atoms with E-state index in [4.69, 9.17) is 5.26 Å². The van der Waals surface area contributed by atoms with Crippen molar-refractivity contribution in [2.45, 2.75) is 13.8 Å². The fourth-order valence-corrected chi connectivity index (χ4v) is 1.60. The smallest absolute Gasteiger partial charge is 0.139 e. The summed E-state index contributed by atoms with van der Waals surface area (Å²) in [6.45, 7) is 4.24. The van der Waals surface area contributed by atoms with Crippen molar-refractivity contribution >= 4 is 21.6 Å². The van der Waals surface area contributed by atoms with Gasteiger partial charge in [0.15, 0.2) is 0 Å². The van der Waals surface area contributed by atoms with Crippen LogP contribution in [0.25, 0.3) is 0 Å². The van der Waals surface area contributed by atoms with Crippen LogP contribution in [0.2, 0.25) is 0 Å². The molecule has 0 amide bonds. The molecule has 0 saturated carbocycles. The summed E-state index contributed by atoms with van der Waals surface area (Å²) in [7, 11) is 0. The van der Waals surface area contributed by atoms with E-state index in [9.17, 15) is 4.39 Å². The first-order valence-corrected chi connectivity index (χ1v) is 5.43. The van der Waals surface area contributed by atoms with E-state index in [0.717, 1.165) is 11.3 Å². The number of aryl methyl sites for hydroxylation is 1. The number of hydrogen-bond donors (Lipinski definition) is 1. The van der Waals surface area contributed by atoms with Crippen molar-refractivity contribution < 1.29 is 4.39 Å². The zero-order chi connectivity index (χ0) is 11.4. The molecule has 1 atom stereocenters. The highest BCUT2D eigenvalue weighted by Gasteiger charge is 2.06. The van der Waals surface area contributed by atoms with Crippen molar-refractivity contribution in [2.24, 2.45) is 5.92 Å². The molecule has 0 fully saturated rings. The molecular weight excluding hydrogens is 259 g/mol. The fourth-order valence-electron chi connectivity index (χ4n) is 1.15. The summed E-state index contributed by atoms with van der Waals surface area (Å²) in [6, 6.07) is 5.27. The van der Waals surface area contributed by atoms with Gasteiger partial charge in [0.05, 0.1) is 16.5 Å². The maximum absolute atomic E-state index is 13.2. The molecule has 0 saturated heterocycles. The molecule has 80 valence electrons. The highest BCUT2D eigenvalue weighted by molar-refractivity contribution is 9.10. The van der Waals surface area contributed by atoms with Crippen LogP contribution in [-0.4, -0.2) is 6.54 Å². The van der Waals surface area contributed by atoms with Gasteiger partial charge in [0.1, 0.15) is 5.82 Å². The topological polar surface area (TPSA) is 35.8 Å². The summed E-state index contributed by atoms with van der Waals surface area (Å²) in [5.74, 6) is -0.385. The monoisotopic (exact) mass is 270 g/mol. The van der Waals surface area contributed by atoms with E-state index >= 15 is 0 Å². The molecule has 0 aliphatic heterocycles. The van der Waals surface area contributed by atoms with Crippen LogP contribution in [0.3, 0.4) is 0 Å². The maximum atomic E-state index is 13.2. The zero-order valence-electron chi connectivity index (χ0n) is 8.64. The van der Waals surface area contributed by atoms with Gasteiger partial charge < -0.3 is 5.32 Å². The van der Waals surface area contributed by atoms with Crippen LogP contribution in [0.4, 0.5) is 10.1 Å². The van der Waals surface area contributed by atoms with E-state index in [1.54, 1.807) is 6.07 Å². The Morgan fingerprint density at radius 3 is 2.87 bits per heavy atom. The molecule has 0 radical (unpaired) electrons. The molecule has 0 aliphatic rings. The summed E-state index contributed by atoms with van der Waals surface area (Å²) in [5, 5.41) is 11.7. The second-order valence-corrected chi connectivity index (χ2v) is 4.35. The van der Waals surface area contributed by atoms with E-state index in [1.807, 2.05) is 13.8 Å². The van der Waals surface area contributed by atoms with Gasteiger partial charge in [-0.25, -0.2) is 4.39 Å². The number of nitriles is 1. The summed E-state index contributed by atoms with van der Waals surface area (Å²) in [6.07, 6.45) is 0. The second kappa shape index (κ2) is 5.13. The zero-order valence-corrected chi connectivity index (χ0v) is 10.2. The number of halogens is 2. The summed E-state index contributed by atoms with van der Waals surface area (Å²) in [4.78, 5) is 0. The Balaban J connectivity index is 2.78. The molecule has 1 N–H and O–H groups in total. The molecule has 0 spiro atoms. The molecule has 1 aromatic carbocycles. The molecule has 4 heteroatoms. The van der Waals surface area contributed by atoms with E-state index in [1.165, 1.54) is 6.07 Å². The van der Waals surface area contributed by atoms with E-state index in [-0.39, 0.29) is 11.7 Å². The molecule has 0 bridgehead atoms. The summed E-state index contributed by atoms with van der Waals surface area (Å²) < 4.78 is 13.7. The van der Waals surface area contributed by atoms with Gasteiger partial charge in [-0.05, 0) is 47.5 Å². The lowest BCUT2D eigenvalue weighted by Gasteiger charge is -2.11. The van der Waals surface area contributed by atoms with Crippen LogP contribution >= 0.6 is 15.9 Å². The number of benzene rings is 1. The molecule has 1 unspecified atom stereocenters. The molecule has 1 rings (SSSR count).